The van der Waals surface area contributed by atoms with Crippen molar-refractivity contribution in [3.8, 4) is 22.9 Å². The quantitative estimate of drug-likeness (QED) is 0.196. The van der Waals surface area contributed by atoms with Gasteiger partial charge in [0.15, 0.2) is 17.3 Å². The molecule has 0 bridgehead atoms. The van der Waals surface area contributed by atoms with E-state index in [-0.39, 0.29) is 35.5 Å². The van der Waals surface area contributed by atoms with E-state index in [4.69, 9.17) is 35.1 Å². The SMILES string of the molecule is COc1cc(NC(=O)Cc2cccc(-n3c(=O)c4c(CNC(=O)OC(C)(C)C)onc4c4c(Cl)cccc43)c2)cc(OC)c1OC. The van der Waals surface area contributed by atoms with E-state index in [0.29, 0.717) is 50.1 Å². The van der Waals surface area contributed by atoms with Crippen LogP contribution >= 0.6 is 11.6 Å². The van der Waals surface area contributed by atoms with Crippen molar-refractivity contribution in [1.82, 2.24) is 15.0 Å². The van der Waals surface area contributed by atoms with Crippen LogP contribution in [0.5, 0.6) is 17.2 Å². The molecule has 5 rings (SSSR count). The van der Waals surface area contributed by atoms with Crippen LogP contribution in [-0.4, -0.2) is 48.7 Å². The Morgan fingerprint density at radius 3 is 2.30 bits per heavy atom. The van der Waals surface area contributed by atoms with Crippen molar-refractivity contribution in [1.29, 1.82) is 0 Å². The van der Waals surface area contributed by atoms with Gasteiger partial charge in [0, 0.05) is 28.9 Å². The number of anilines is 1. The molecule has 13 heteroatoms. The lowest BCUT2D eigenvalue weighted by Gasteiger charge is -2.19. The summed E-state index contributed by atoms with van der Waals surface area (Å²) in [4.78, 5) is 39.6. The van der Waals surface area contributed by atoms with Gasteiger partial charge >= 0.3 is 6.09 Å². The van der Waals surface area contributed by atoms with Gasteiger partial charge in [0.2, 0.25) is 11.7 Å². The molecule has 0 aliphatic rings. The Morgan fingerprint density at radius 1 is 0.957 bits per heavy atom. The first-order chi connectivity index (χ1) is 21.9. The summed E-state index contributed by atoms with van der Waals surface area (Å²) >= 11 is 6.63. The maximum Gasteiger partial charge on any atom is 0.408 e. The van der Waals surface area contributed by atoms with Gasteiger partial charge in [-0.15, -0.1) is 0 Å². The zero-order valence-electron chi connectivity index (χ0n) is 26.1. The first-order valence-corrected chi connectivity index (χ1v) is 14.6. The van der Waals surface area contributed by atoms with Gasteiger partial charge in [0.1, 0.15) is 16.5 Å². The average Bonchev–Trinajstić information content (AvgIpc) is 3.43. The van der Waals surface area contributed by atoms with Gasteiger partial charge in [-0.25, -0.2) is 4.79 Å². The van der Waals surface area contributed by atoms with Crippen LogP contribution in [0.25, 0.3) is 27.5 Å². The summed E-state index contributed by atoms with van der Waals surface area (Å²) in [6.07, 6.45) is -0.674. The van der Waals surface area contributed by atoms with E-state index in [1.165, 1.54) is 25.9 Å². The van der Waals surface area contributed by atoms with Crippen LogP contribution in [0.4, 0.5) is 10.5 Å². The molecule has 2 aromatic heterocycles. The molecule has 3 aromatic carbocycles. The van der Waals surface area contributed by atoms with Gasteiger partial charge in [-0.3, -0.25) is 14.2 Å². The Bertz CT molecular complexity index is 1990. The second-order valence-electron chi connectivity index (χ2n) is 11.3. The van der Waals surface area contributed by atoms with Crippen molar-refractivity contribution < 1.29 is 33.1 Å². The summed E-state index contributed by atoms with van der Waals surface area (Å²) in [5.74, 6) is 1.03. The predicted molar refractivity (Wildman–Crippen MR) is 174 cm³/mol. The topological polar surface area (TPSA) is 143 Å². The van der Waals surface area contributed by atoms with Crippen LogP contribution in [0.1, 0.15) is 32.1 Å². The van der Waals surface area contributed by atoms with Gasteiger partial charge in [0.05, 0.1) is 44.8 Å². The van der Waals surface area contributed by atoms with Crippen LogP contribution < -0.4 is 30.4 Å². The molecule has 5 aromatic rings. The summed E-state index contributed by atoms with van der Waals surface area (Å²) in [7, 11) is 4.48. The van der Waals surface area contributed by atoms with Crippen molar-refractivity contribution in [2.24, 2.45) is 0 Å². The molecule has 0 fully saturated rings. The molecule has 2 amide bonds. The fourth-order valence-electron chi connectivity index (χ4n) is 5.06. The zero-order chi connectivity index (χ0) is 33.2. The third-order valence-corrected chi connectivity index (χ3v) is 7.24. The summed E-state index contributed by atoms with van der Waals surface area (Å²) in [6.45, 7) is 5.09. The largest absolute Gasteiger partial charge is 0.493 e. The van der Waals surface area contributed by atoms with Gasteiger partial charge in [-0.05, 0) is 50.6 Å². The first-order valence-electron chi connectivity index (χ1n) is 14.2. The molecule has 12 nitrogen and oxygen atoms in total. The molecule has 0 saturated carbocycles. The smallest absolute Gasteiger partial charge is 0.408 e. The lowest BCUT2D eigenvalue weighted by atomic mass is 10.1. The first kappa shape index (κ1) is 32.2. The highest BCUT2D eigenvalue weighted by atomic mass is 35.5. The Labute approximate surface area is 269 Å². The van der Waals surface area contributed by atoms with Crippen molar-refractivity contribution in [2.45, 2.75) is 39.3 Å². The number of hydrogen-bond donors (Lipinski definition) is 2. The van der Waals surface area contributed by atoms with E-state index >= 15 is 0 Å². The molecule has 240 valence electrons. The van der Waals surface area contributed by atoms with Crippen LogP contribution in [0, 0.1) is 0 Å². The third-order valence-electron chi connectivity index (χ3n) is 6.92. The standard InChI is InChI=1S/C33H33ClN4O8/c1-33(2,3)45-32(41)35-17-25-28-29(37-46-25)27-21(34)11-8-12-22(27)38(31(28)40)20-10-7-9-18(13-20)14-26(39)36-19-15-23(42-4)30(44-6)24(16-19)43-5/h7-13,15-16H,14,17H2,1-6H3,(H,35,41)(H,36,39). The highest BCUT2D eigenvalue weighted by molar-refractivity contribution is 6.37. The second-order valence-corrected chi connectivity index (χ2v) is 11.7. The number of halogens is 1. The van der Waals surface area contributed by atoms with Crippen molar-refractivity contribution in [2.75, 3.05) is 26.6 Å². The number of fused-ring (bicyclic) bond motifs is 3. The minimum Gasteiger partial charge on any atom is -0.493 e. The second kappa shape index (κ2) is 13.0. The van der Waals surface area contributed by atoms with Gasteiger partial charge in [-0.1, -0.05) is 35.0 Å². The van der Waals surface area contributed by atoms with E-state index in [1.54, 1.807) is 75.4 Å². The van der Waals surface area contributed by atoms with Gasteiger partial charge in [0.25, 0.3) is 5.56 Å². The summed E-state index contributed by atoms with van der Waals surface area (Å²) < 4.78 is 28.5. The molecular formula is C33H33ClN4O8. The number of ether oxygens (including phenoxy) is 4. The monoisotopic (exact) mass is 648 g/mol. The molecule has 0 spiro atoms. The zero-order valence-corrected chi connectivity index (χ0v) is 26.9. The van der Waals surface area contributed by atoms with Crippen molar-refractivity contribution in [3.05, 3.63) is 81.3 Å². The van der Waals surface area contributed by atoms with E-state index < -0.39 is 17.3 Å². The molecular weight excluding hydrogens is 616 g/mol. The molecule has 2 N–H and O–H groups in total. The van der Waals surface area contributed by atoms with E-state index in [0.717, 1.165) is 0 Å². The number of amides is 2. The summed E-state index contributed by atoms with van der Waals surface area (Å²) in [5, 5.41) is 10.6. The normalized spacial score (nSPS) is 11.4. The fraction of sp³-hybridized carbons (Fsp3) is 0.273. The fourth-order valence-corrected chi connectivity index (χ4v) is 5.32. The van der Waals surface area contributed by atoms with Crippen LogP contribution in [0.2, 0.25) is 5.02 Å². The number of carbonyl (C=O) groups excluding carboxylic acids is 2. The molecule has 46 heavy (non-hydrogen) atoms. The van der Waals surface area contributed by atoms with Gasteiger partial charge < -0.3 is 34.1 Å². The minimum absolute atomic E-state index is 0.00148. The molecule has 0 saturated heterocycles. The molecule has 0 aliphatic heterocycles. The molecule has 2 heterocycles. The number of benzene rings is 3. The van der Waals surface area contributed by atoms with Crippen molar-refractivity contribution in [3.63, 3.8) is 0 Å². The highest BCUT2D eigenvalue weighted by Crippen LogP contribution is 2.40. The highest BCUT2D eigenvalue weighted by Gasteiger charge is 2.23. The number of pyridine rings is 1. The summed E-state index contributed by atoms with van der Waals surface area (Å²) in [6, 6.07) is 15.5. The number of aromatic nitrogens is 2. The van der Waals surface area contributed by atoms with Crippen LogP contribution in [0.3, 0.4) is 0 Å². The van der Waals surface area contributed by atoms with Gasteiger partial charge in [-0.2, -0.15) is 0 Å². The number of methoxy groups -OCH3 is 3. The average molecular weight is 649 g/mol. The maximum absolute atomic E-state index is 14.1. The predicted octanol–water partition coefficient (Wildman–Crippen LogP) is 6.02. The maximum atomic E-state index is 14.1. The Kier molecular flexibility index (Phi) is 9.10. The number of nitrogens with zero attached hydrogens (tertiary/aromatic N) is 2. The lowest BCUT2D eigenvalue weighted by Crippen LogP contribution is -2.32. The number of nitrogens with one attached hydrogen (secondary N) is 2. The molecule has 0 atom stereocenters. The number of hydrogen-bond acceptors (Lipinski definition) is 9. The summed E-state index contributed by atoms with van der Waals surface area (Å²) in [5.41, 5.74) is 1.20. The number of rotatable bonds is 9. The third kappa shape index (κ3) is 6.57. The van der Waals surface area contributed by atoms with E-state index in [1.807, 2.05) is 0 Å². The Hall–Kier alpha value is -5.23. The van der Waals surface area contributed by atoms with Crippen LogP contribution in [-0.2, 0) is 22.5 Å². The molecule has 0 unspecified atom stereocenters. The molecule has 0 radical (unpaired) electrons. The number of alkyl carbamates (subject to hydrolysis) is 1. The van der Waals surface area contributed by atoms with E-state index in [2.05, 4.69) is 15.8 Å². The van der Waals surface area contributed by atoms with Crippen molar-refractivity contribution >= 4 is 51.1 Å². The van der Waals surface area contributed by atoms with E-state index in [9.17, 15) is 14.4 Å². The Morgan fingerprint density at radius 2 is 1.65 bits per heavy atom. The number of carbonyl (C=O) groups is 2. The minimum atomic E-state index is -0.708. The Balaban J connectivity index is 1.50. The lowest BCUT2D eigenvalue weighted by molar-refractivity contribution is -0.115. The molecule has 0 aliphatic carbocycles. The van der Waals surface area contributed by atoms with Crippen LogP contribution in [0.15, 0.2) is 63.9 Å².